The van der Waals surface area contributed by atoms with Crippen LogP contribution in [0.15, 0.2) is 24.3 Å². The first-order valence-electron chi connectivity index (χ1n) is 8.44. The molecule has 0 radical (unpaired) electrons. The molecule has 0 bridgehead atoms. The molecule has 0 unspecified atom stereocenters. The molecule has 1 aromatic carbocycles. The van der Waals surface area contributed by atoms with Crippen LogP contribution in [0.5, 0.6) is 0 Å². The summed E-state index contributed by atoms with van der Waals surface area (Å²) in [6.07, 6.45) is 11.6. The van der Waals surface area contributed by atoms with Crippen LogP contribution in [0, 0.1) is 29.3 Å². The first-order valence-corrected chi connectivity index (χ1v) is 8.44. The number of allylic oxidation sites excluding steroid dienone is 2. The Morgan fingerprint density at radius 2 is 1.43 bits per heavy atom. The zero-order valence-electron chi connectivity index (χ0n) is 13.3. The number of hydrogen-bond acceptors (Lipinski definition) is 0. The predicted octanol–water partition coefficient (Wildman–Crippen LogP) is 6.15. The third kappa shape index (κ3) is 5.67. The van der Waals surface area contributed by atoms with E-state index in [0.717, 1.165) is 44.2 Å². The van der Waals surface area contributed by atoms with Crippen LogP contribution in [0.25, 0.3) is 0 Å². The van der Waals surface area contributed by atoms with Crippen molar-refractivity contribution in [1.29, 1.82) is 0 Å². The highest BCUT2D eigenvalue weighted by Crippen LogP contribution is 2.34. The summed E-state index contributed by atoms with van der Waals surface area (Å²) in [6.45, 7) is -0.392. The van der Waals surface area contributed by atoms with Crippen molar-refractivity contribution >= 4 is 0 Å². The lowest BCUT2D eigenvalue weighted by Crippen LogP contribution is -2.15. The molecule has 0 saturated heterocycles. The summed E-state index contributed by atoms with van der Waals surface area (Å²) in [5.41, 5.74) is 0.528. The summed E-state index contributed by atoms with van der Waals surface area (Å²) >= 11 is 0. The maximum Gasteiger partial charge on any atom is 0.194 e. The molecule has 23 heavy (non-hydrogen) atoms. The van der Waals surface area contributed by atoms with Crippen molar-refractivity contribution in [2.75, 3.05) is 6.67 Å². The zero-order chi connectivity index (χ0) is 16.7. The Balaban J connectivity index is 1.71. The van der Waals surface area contributed by atoms with E-state index in [4.69, 9.17) is 0 Å². The van der Waals surface area contributed by atoms with Gasteiger partial charge in [0.25, 0.3) is 0 Å². The van der Waals surface area contributed by atoms with Crippen molar-refractivity contribution in [2.24, 2.45) is 11.8 Å². The predicted molar refractivity (Wildman–Crippen MR) is 84.4 cm³/mol. The van der Waals surface area contributed by atoms with E-state index in [-0.39, 0.29) is 0 Å². The Labute approximate surface area is 135 Å². The zero-order valence-corrected chi connectivity index (χ0v) is 13.3. The minimum atomic E-state index is -1.39. The highest BCUT2D eigenvalue weighted by molar-refractivity contribution is 5.19. The summed E-state index contributed by atoms with van der Waals surface area (Å²) < 4.78 is 51.2. The molecule has 4 heteroatoms. The number of rotatable bonds is 7. The lowest BCUT2D eigenvalue weighted by Gasteiger charge is -2.28. The summed E-state index contributed by atoms with van der Waals surface area (Å²) in [5.74, 6) is -2.33. The topological polar surface area (TPSA) is 0 Å². The Morgan fingerprint density at radius 3 is 2.00 bits per heavy atom. The van der Waals surface area contributed by atoms with Gasteiger partial charge in [-0.1, -0.05) is 37.8 Å². The second kappa shape index (κ2) is 9.09. The molecule has 0 atom stereocenters. The van der Waals surface area contributed by atoms with Crippen LogP contribution in [0.4, 0.5) is 17.6 Å². The van der Waals surface area contributed by atoms with Crippen molar-refractivity contribution in [1.82, 2.24) is 0 Å². The minimum absolute atomic E-state index is 0.392. The Hall–Kier alpha value is -1.32. The molecule has 0 heterocycles. The summed E-state index contributed by atoms with van der Waals surface area (Å²) in [5, 5.41) is 0. The van der Waals surface area contributed by atoms with Gasteiger partial charge >= 0.3 is 0 Å². The largest absolute Gasteiger partial charge is 0.247 e. The van der Waals surface area contributed by atoms with Crippen LogP contribution >= 0.6 is 0 Å². The van der Waals surface area contributed by atoms with Gasteiger partial charge in [0, 0.05) is 0 Å². The Morgan fingerprint density at radius 1 is 0.870 bits per heavy atom. The molecule has 0 N–H and O–H groups in total. The fraction of sp³-hybridized carbons (Fsp3) is 0.579. The van der Waals surface area contributed by atoms with Crippen molar-refractivity contribution < 1.29 is 17.6 Å². The van der Waals surface area contributed by atoms with E-state index in [2.05, 4.69) is 0 Å². The maximum absolute atomic E-state index is 13.2. The average molecular weight is 328 g/mol. The quantitative estimate of drug-likeness (QED) is 0.320. The number of aryl methyl sites for hydroxylation is 1. The number of halogens is 4. The number of benzene rings is 1. The van der Waals surface area contributed by atoms with Gasteiger partial charge in [0.15, 0.2) is 17.5 Å². The fourth-order valence-corrected chi connectivity index (χ4v) is 3.44. The standard InChI is InChI=1S/C19H24F4/c20-11-3-1-2-4-14-5-7-15(8-6-14)9-10-16-12-17(21)19(23)18(22)13-16/h1,3,12-15H,2,4-11H2/t14-,15-. The molecule has 1 saturated carbocycles. The van der Waals surface area contributed by atoms with Crippen molar-refractivity contribution in [2.45, 2.75) is 51.4 Å². The van der Waals surface area contributed by atoms with Gasteiger partial charge in [0.1, 0.15) is 6.67 Å². The fourth-order valence-electron chi connectivity index (χ4n) is 3.44. The molecular weight excluding hydrogens is 304 g/mol. The maximum atomic E-state index is 13.2. The molecule has 1 aromatic rings. The van der Waals surface area contributed by atoms with Crippen LogP contribution in [0.2, 0.25) is 0 Å². The minimum Gasteiger partial charge on any atom is -0.247 e. The molecule has 0 aromatic heterocycles. The van der Waals surface area contributed by atoms with Crippen LogP contribution in [-0.4, -0.2) is 6.67 Å². The van der Waals surface area contributed by atoms with E-state index in [1.807, 2.05) is 6.08 Å². The number of alkyl halides is 1. The Bertz CT molecular complexity index is 493. The van der Waals surface area contributed by atoms with Gasteiger partial charge in [0.05, 0.1) is 0 Å². The van der Waals surface area contributed by atoms with Crippen LogP contribution in [-0.2, 0) is 6.42 Å². The molecule has 0 spiro atoms. The lowest BCUT2D eigenvalue weighted by molar-refractivity contribution is 0.254. The normalized spacial score (nSPS) is 21.9. The first-order chi connectivity index (χ1) is 11.1. The third-order valence-corrected chi connectivity index (χ3v) is 4.85. The molecule has 0 aliphatic heterocycles. The van der Waals surface area contributed by atoms with E-state index in [0.29, 0.717) is 23.8 Å². The van der Waals surface area contributed by atoms with Gasteiger partial charge in [-0.05, 0) is 55.2 Å². The molecule has 0 nitrogen and oxygen atoms in total. The van der Waals surface area contributed by atoms with Crippen LogP contribution in [0.1, 0.15) is 50.5 Å². The van der Waals surface area contributed by atoms with Crippen molar-refractivity contribution in [3.8, 4) is 0 Å². The van der Waals surface area contributed by atoms with Gasteiger partial charge in [-0.3, -0.25) is 0 Å². The van der Waals surface area contributed by atoms with Gasteiger partial charge < -0.3 is 0 Å². The smallest absolute Gasteiger partial charge is 0.194 e. The molecule has 1 aliphatic carbocycles. The van der Waals surface area contributed by atoms with E-state index in [1.165, 1.54) is 12.8 Å². The highest BCUT2D eigenvalue weighted by Gasteiger charge is 2.21. The van der Waals surface area contributed by atoms with Crippen LogP contribution < -0.4 is 0 Å². The summed E-state index contributed by atoms with van der Waals surface area (Å²) in [7, 11) is 0. The first kappa shape index (κ1) is 18.0. The summed E-state index contributed by atoms with van der Waals surface area (Å²) in [6, 6.07) is 2.20. The lowest BCUT2D eigenvalue weighted by atomic mass is 9.78. The van der Waals surface area contributed by atoms with E-state index in [9.17, 15) is 17.6 Å². The third-order valence-electron chi connectivity index (χ3n) is 4.85. The van der Waals surface area contributed by atoms with Gasteiger partial charge in [-0.25, -0.2) is 17.6 Å². The number of hydrogen-bond donors (Lipinski definition) is 0. The molecule has 128 valence electrons. The Kier molecular flexibility index (Phi) is 7.13. The highest BCUT2D eigenvalue weighted by atomic mass is 19.2. The molecule has 1 aliphatic rings. The second-order valence-electron chi connectivity index (χ2n) is 6.50. The van der Waals surface area contributed by atoms with Crippen molar-refractivity contribution in [3.63, 3.8) is 0 Å². The van der Waals surface area contributed by atoms with Crippen molar-refractivity contribution in [3.05, 3.63) is 47.3 Å². The SMILES string of the molecule is FCC=CCC[C@H]1CC[C@H](CCc2cc(F)c(F)c(F)c2)CC1. The summed E-state index contributed by atoms with van der Waals surface area (Å²) in [4.78, 5) is 0. The van der Waals surface area contributed by atoms with Crippen LogP contribution in [0.3, 0.4) is 0 Å². The molecular formula is C19H24F4. The monoisotopic (exact) mass is 328 g/mol. The van der Waals surface area contributed by atoms with Gasteiger partial charge in [0.2, 0.25) is 0 Å². The molecule has 2 rings (SSSR count). The van der Waals surface area contributed by atoms with E-state index >= 15 is 0 Å². The van der Waals surface area contributed by atoms with E-state index < -0.39 is 24.1 Å². The van der Waals surface area contributed by atoms with Gasteiger partial charge in [-0.15, -0.1) is 0 Å². The van der Waals surface area contributed by atoms with E-state index in [1.54, 1.807) is 6.08 Å². The van der Waals surface area contributed by atoms with Gasteiger partial charge in [-0.2, -0.15) is 0 Å². The molecule has 1 fully saturated rings. The second-order valence-corrected chi connectivity index (χ2v) is 6.50. The average Bonchev–Trinajstić information content (AvgIpc) is 2.55. The molecule has 0 amide bonds.